The number of hydrogen-bond donors (Lipinski definition) is 1. The minimum absolute atomic E-state index is 0.212. The maximum absolute atomic E-state index is 10.5. The molecule has 4 nitrogen and oxygen atoms in total. The molecule has 0 atom stereocenters. The second-order valence-electron chi connectivity index (χ2n) is 1.82. The summed E-state index contributed by atoms with van der Waals surface area (Å²) in [7, 11) is 0. The maximum Gasteiger partial charge on any atom is 0.293 e. The number of rotatable bonds is 6. The fraction of sp³-hybridized carbons (Fsp3) is 0.429. The molecule has 0 aromatic rings. The zero-order chi connectivity index (χ0) is 8.53. The van der Waals surface area contributed by atoms with Gasteiger partial charge < -0.3 is 10.1 Å². The van der Waals surface area contributed by atoms with Crippen LogP contribution in [-0.2, 0) is 14.3 Å². The lowest BCUT2D eigenvalue weighted by Gasteiger charge is -1.99. The predicted octanol–water partition coefficient (Wildman–Crippen LogP) is -0.148. The predicted molar refractivity (Wildman–Crippen MR) is 39.8 cm³/mol. The van der Waals surface area contributed by atoms with Crippen LogP contribution in [0.1, 0.15) is 6.42 Å². The number of hydrogen-bond acceptors (Lipinski definition) is 3. The highest BCUT2D eigenvalue weighted by Crippen LogP contribution is 1.77. The van der Waals surface area contributed by atoms with E-state index in [1.54, 1.807) is 0 Å². The van der Waals surface area contributed by atoms with Gasteiger partial charge in [0.15, 0.2) is 0 Å². The monoisotopic (exact) mass is 157 g/mol. The zero-order valence-electron chi connectivity index (χ0n) is 6.21. The zero-order valence-corrected chi connectivity index (χ0v) is 6.21. The van der Waals surface area contributed by atoms with Gasteiger partial charge in [0.05, 0.1) is 6.61 Å². The fourth-order valence-electron chi connectivity index (χ4n) is 0.487. The quantitative estimate of drug-likeness (QED) is 0.331. The van der Waals surface area contributed by atoms with Gasteiger partial charge in [-0.3, -0.25) is 9.59 Å². The molecule has 0 aliphatic rings. The Balaban J connectivity index is 3.07. The Morgan fingerprint density at radius 2 is 2.36 bits per heavy atom. The Kier molecular flexibility index (Phi) is 5.98. The van der Waals surface area contributed by atoms with E-state index >= 15 is 0 Å². The number of carbonyl (C=O) groups excluding carboxylic acids is 2. The van der Waals surface area contributed by atoms with Gasteiger partial charge in [-0.15, -0.1) is 0 Å². The van der Waals surface area contributed by atoms with Crippen molar-refractivity contribution in [2.45, 2.75) is 6.42 Å². The van der Waals surface area contributed by atoms with Crippen LogP contribution in [0.3, 0.4) is 0 Å². The van der Waals surface area contributed by atoms with Crippen LogP contribution in [0.15, 0.2) is 12.7 Å². The van der Waals surface area contributed by atoms with Crippen molar-refractivity contribution in [1.29, 1.82) is 0 Å². The molecule has 0 aliphatic heterocycles. The smallest absolute Gasteiger partial charge is 0.293 e. The molecule has 0 aromatic carbocycles. The van der Waals surface area contributed by atoms with Crippen LogP contribution in [0, 0.1) is 0 Å². The fourth-order valence-corrected chi connectivity index (χ4v) is 0.487. The molecule has 1 amide bonds. The SMILES string of the molecule is C=CC(=O)NCCCOC=O. The Morgan fingerprint density at radius 3 is 2.91 bits per heavy atom. The van der Waals surface area contributed by atoms with Gasteiger partial charge in [0.1, 0.15) is 0 Å². The summed E-state index contributed by atoms with van der Waals surface area (Å²) in [6.07, 6.45) is 1.82. The van der Waals surface area contributed by atoms with Gasteiger partial charge in [-0.25, -0.2) is 0 Å². The Hall–Kier alpha value is -1.32. The van der Waals surface area contributed by atoms with E-state index in [2.05, 4.69) is 16.6 Å². The van der Waals surface area contributed by atoms with Gasteiger partial charge >= 0.3 is 0 Å². The third-order valence-electron chi connectivity index (χ3n) is 0.992. The Morgan fingerprint density at radius 1 is 1.64 bits per heavy atom. The molecule has 0 saturated carbocycles. The molecule has 62 valence electrons. The molecular formula is C7H11NO3. The average Bonchev–Trinajstić information content (AvgIpc) is 2.04. The summed E-state index contributed by atoms with van der Waals surface area (Å²) in [6, 6.07) is 0. The maximum atomic E-state index is 10.5. The van der Waals surface area contributed by atoms with E-state index in [0.29, 0.717) is 26.0 Å². The first kappa shape index (κ1) is 9.68. The molecule has 0 bridgehead atoms. The molecule has 0 rings (SSSR count). The summed E-state index contributed by atoms with van der Waals surface area (Å²) in [4.78, 5) is 20.1. The standard InChI is InChI=1S/C7H11NO3/c1-2-7(10)8-4-3-5-11-6-9/h2,6H,1,3-5H2,(H,8,10). The minimum atomic E-state index is -0.212. The van der Waals surface area contributed by atoms with Crippen molar-refractivity contribution >= 4 is 12.4 Å². The Labute approximate surface area is 65.2 Å². The van der Waals surface area contributed by atoms with Gasteiger partial charge in [0, 0.05) is 6.54 Å². The lowest BCUT2D eigenvalue weighted by atomic mass is 10.4. The molecule has 11 heavy (non-hydrogen) atoms. The first-order valence-electron chi connectivity index (χ1n) is 3.26. The summed E-state index contributed by atoms with van der Waals surface area (Å²) in [6.45, 7) is 4.49. The van der Waals surface area contributed by atoms with Crippen molar-refractivity contribution in [2.75, 3.05) is 13.2 Å². The highest BCUT2D eigenvalue weighted by Gasteiger charge is 1.91. The van der Waals surface area contributed by atoms with Crippen molar-refractivity contribution in [2.24, 2.45) is 0 Å². The van der Waals surface area contributed by atoms with Crippen LogP contribution in [-0.4, -0.2) is 25.5 Å². The summed E-state index contributed by atoms with van der Waals surface area (Å²) >= 11 is 0. The normalized spacial score (nSPS) is 8.36. The summed E-state index contributed by atoms with van der Waals surface area (Å²) < 4.78 is 4.39. The van der Waals surface area contributed by atoms with E-state index in [4.69, 9.17) is 0 Å². The van der Waals surface area contributed by atoms with Crippen molar-refractivity contribution in [3.8, 4) is 0 Å². The molecule has 0 aromatic heterocycles. The lowest BCUT2D eigenvalue weighted by molar-refractivity contribution is -0.128. The molecule has 0 fully saturated rings. The van der Waals surface area contributed by atoms with Gasteiger partial charge in [-0.2, -0.15) is 0 Å². The van der Waals surface area contributed by atoms with Crippen LogP contribution in [0.4, 0.5) is 0 Å². The number of amides is 1. The topological polar surface area (TPSA) is 55.4 Å². The second kappa shape index (κ2) is 6.80. The molecule has 0 radical (unpaired) electrons. The van der Waals surface area contributed by atoms with Gasteiger partial charge in [-0.1, -0.05) is 6.58 Å². The van der Waals surface area contributed by atoms with Crippen LogP contribution in [0.25, 0.3) is 0 Å². The third-order valence-corrected chi connectivity index (χ3v) is 0.992. The number of nitrogens with one attached hydrogen (secondary N) is 1. The lowest BCUT2D eigenvalue weighted by Crippen LogP contribution is -2.22. The van der Waals surface area contributed by atoms with Crippen LogP contribution in [0.2, 0.25) is 0 Å². The van der Waals surface area contributed by atoms with Crippen molar-refractivity contribution in [3.63, 3.8) is 0 Å². The molecule has 0 heterocycles. The molecule has 1 N–H and O–H groups in total. The van der Waals surface area contributed by atoms with Crippen molar-refractivity contribution in [1.82, 2.24) is 5.32 Å². The molecule has 0 saturated heterocycles. The minimum Gasteiger partial charge on any atom is -0.468 e. The molecule has 0 aliphatic carbocycles. The summed E-state index contributed by atoms with van der Waals surface area (Å²) in [5, 5.41) is 2.54. The summed E-state index contributed by atoms with van der Waals surface area (Å²) in [5.41, 5.74) is 0. The van der Waals surface area contributed by atoms with Crippen molar-refractivity contribution < 1.29 is 14.3 Å². The largest absolute Gasteiger partial charge is 0.468 e. The van der Waals surface area contributed by atoms with E-state index in [1.807, 2.05) is 0 Å². The molecule has 4 heteroatoms. The average molecular weight is 157 g/mol. The Bertz CT molecular complexity index is 145. The van der Waals surface area contributed by atoms with E-state index < -0.39 is 0 Å². The first-order chi connectivity index (χ1) is 5.31. The van der Waals surface area contributed by atoms with E-state index in [9.17, 15) is 9.59 Å². The number of ether oxygens (including phenoxy) is 1. The first-order valence-corrected chi connectivity index (χ1v) is 3.26. The van der Waals surface area contributed by atoms with Gasteiger partial charge in [-0.05, 0) is 12.5 Å². The highest BCUT2D eigenvalue weighted by molar-refractivity contribution is 5.86. The van der Waals surface area contributed by atoms with E-state index in [-0.39, 0.29) is 5.91 Å². The van der Waals surface area contributed by atoms with Gasteiger partial charge in [0.25, 0.3) is 6.47 Å². The summed E-state index contributed by atoms with van der Waals surface area (Å²) in [5.74, 6) is -0.212. The van der Waals surface area contributed by atoms with Crippen LogP contribution < -0.4 is 5.32 Å². The van der Waals surface area contributed by atoms with Crippen molar-refractivity contribution in [3.05, 3.63) is 12.7 Å². The van der Waals surface area contributed by atoms with Crippen LogP contribution >= 0.6 is 0 Å². The second-order valence-corrected chi connectivity index (χ2v) is 1.82. The highest BCUT2D eigenvalue weighted by atomic mass is 16.5. The van der Waals surface area contributed by atoms with E-state index in [0.717, 1.165) is 0 Å². The third kappa shape index (κ3) is 6.57. The van der Waals surface area contributed by atoms with Crippen LogP contribution in [0.5, 0.6) is 0 Å². The molecule has 0 spiro atoms. The molecule has 0 unspecified atom stereocenters. The van der Waals surface area contributed by atoms with Gasteiger partial charge in [0.2, 0.25) is 5.91 Å². The number of carbonyl (C=O) groups is 2. The molecular weight excluding hydrogens is 146 g/mol. The van der Waals surface area contributed by atoms with E-state index in [1.165, 1.54) is 6.08 Å².